The minimum Gasteiger partial charge on any atom is -0.504 e. The molecule has 3 N–H and O–H groups in total. The zero-order valence-electron chi connectivity index (χ0n) is 14.9. The molecule has 3 aromatic rings. The SMILES string of the molecule is O=C(Nc1scnc1C(=O)NCc1ccc2c(c1)OCO2)c1cc(Cl)c(O)c(Cl)n1. The summed E-state index contributed by atoms with van der Waals surface area (Å²) >= 11 is 12.6. The number of ether oxygens (including phenoxy) is 2. The molecule has 0 unspecified atom stereocenters. The molecule has 0 spiro atoms. The van der Waals surface area contributed by atoms with Crippen LogP contribution in [-0.4, -0.2) is 33.7 Å². The Morgan fingerprint density at radius 1 is 1.17 bits per heavy atom. The standard InChI is InChI=1S/C18H12Cl2N4O5S/c19-9-4-10(23-15(20)14(9)25)16(26)24-18-13(22-6-30-18)17(27)21-5-8-1-2-11-12(3-8)29-7-28-11/h1-4,6,25H,5,7H2,(H,21,27)(H,24,26). The lowest BCUT2D eigenvalue weighted by molar-refractivity contribution is 0.0947. The normalized spacial score (nSPS) is 11.9. The number of nitrogens with zero attached hydrogens (tertiary/aromatic N) is 2. The van der Waals surface area contributed by atoms with Crippen molar-refractivity contribution in [3.05, 3.63) is 56.9 Å². The number of benzene rings is 1. The number of carbonyl (C=O) groups is 2. The molecule has 0 saturated carbocycles. The predicted octanol–water partition coefficient (Wildman–Crippen LogP) is 3.46. The Labute approximate surface area is 183 Å². The molecule has 9 nitrogen and oxygen atoms in total. The third-order valence-corrected chi connectivity index (χ3v) is 5.33. The van der Waals surface area contributed by atoms with Crippen LogP contribution in [0.15, 0.2) is 29.8 Å². The van der Waals surface area contributed by atoms with Crippen LogP contribution >= 0.6 is 34.5 Å². The maximum atomic E-state index is 12.5. The van der Waals surface area contributed by atoms with E-state index in [9.17, 15) is 14.7 Å². The van der Waals surface area contributed by atoms with Gasteiger partial charge in [-0.2, -0.15) is 0 Å². The third-order valence-electron chi connectivity index (χ3n) is 4.04. The number of halogens is 2. The maximum absolute atomic E-state index is 12.5. The first-order valence-electron chi connectivity index (χ1n) is 8.39. The van der Waals surface area contributed by atoms with Crippen molar-refractivity contribution in [2.45, 2.75) is 6.54 Å². The smallest absolute Gasteiger partial charge is 0.275 e. The van der Waals surface area contributed by atoms with E-state index in [0.29, 0.717) is 11.5 Å². The van der Waals surface area contributed by atoms with E-state index in [4.69, 9.17) is 32.7 Å². The van der Waals surface area contributed by atoms with Gasteiger partial charge in [-0.1, -0.05) is 29.3 Å². The molecular weight excluding hydrogens is 455 g/mol. The van der Waals surface area contributed by atoms with Gasteiger partial charge in [-0.15, -0.1) is 11.3 Å². The number of aromatic hydroxyl groups is 1. The first-order chi connectivity index (χ1) is 14.4. The van der Waals surface area contributed by atoms with E-state index in [0.717, 1.165) is 16.9 Å². The second-order valence-corrected chi connectivity index (χ2v) is 7.60. The molecule has 0 radical (unpaired) electrons. The second-order valence-electron chi connectivity index (χ2n) is 5.98. The first-order valence-corrected chi connectivity index (χ1v) is 10.0. The van der Waals surface area contributed by atoms with Gasteiger partial charge in [-0.3, -0.25) is 9.59 Å². The molecule has 3 heterocycles. The first kappa shape index (κ1) is 20.2. The summed E-state index contributed by atoms with van der Waals surface area (Å²) in [4.78, 5) is 32.8. The van der Waals surface area contributed by atoms with Crippen LogP contribution in [0.1, 0.15) is 26.5 Å². The van der Waals surface area contributed by atoms with Crippen LogP contribution in [0.4, 0.5) is 5.00 Å². The molecule has 0 fully saturated rings. The highest BCUT2D eigenvalue weighted by Gasteiger charge is 2.20. The molecule has 0 aliphatic carbocycles. The van der Waals surface area contributed by atoms with Gasteiger partial charge in [0.05, 0.1) is 10.5 Å². The van der Waals surface area contributed by atoms with E-state index in [-0.39, 0.29) is 39.9 Å². The molecule has 2 aromatic heterocycles. The highest BCUT2D eigenvalue weighted by molar-refractivity contribution is 7.14. The number of thiazole rings is 1. The molecule has 30 heavy (non-hydrogen) atoms. The minimum absolute atomic E-state index is 0.0464. The van der Waals surface area contributed by atoms with Gasteiger partial charge >= 0.3 is 0 Å². The van der Waals surface area contributed by atoms with Gasteiger partial charge in [-0.25, -0.2) is 9.97 Å². The molecule has 0 atom stereocenters. The van der Waals surface area contributed by atoms with Crippen LogP contribution in [-0.2, 0) is 6.54 Å². The highest BCUT2D eigenvalue weighted by atomic mass is 35.5. The molecule has 2 amide bonds. The molecule has 0 bridgehead atoms. The average Bonchev–Trinajstić information content (AvgIpc) is 3.38. The fourth-order valence-electron chi connectivity index (χ4n) is 2.57. The van der Waals surface area contributed by atoms with Crippen LogP contribution in [0.3, 0.4) is 0 Å². The quantitative estimate of drug-likeness (QED) is 0.491. The number of amides is 2. The van der Waals surface area contributed by atoms with Gasteiger partial charge in [0.1, 0.15) is 10.7 Å². The summed E-state index contributed by atoms with van der Waals surface area (Å²) < 4.78 is 10.6. The number of hydrogen-bond acceptors (Lipinski definition) is 8. The number of aromatic nitrogens is 2. The van der Waals surface area contributed by atoms with Gasteiger partial charge in [0.2, 0.25) is 6.79 Å². The van der Waals surface area contributed by atoms with Crippen molar-refractivity contribution < 1.29 is 24.2 Å². The molecule has 154 valence electrons. The van der Waals surface area contributed by atoms with Crippen molar-refractivity contribution in [2.24, 2.45) is 0 Å². The molecule has 4 rings (SSSR count). The largest absolute Gasteiger partial charge is 0.504 e. The lowest BCUT2D eigenvalue weighted by Crippen LogP contribution is -2.25. The Morgan fingerprint density at radius 2 is 1.97 bits per heavy atom. The molecule has 1 aliphatic heterocycles. The van der Waals surface area contributed by atoms with E-state index >= 15 is 0 Å². The van der Waals surface area contributed by atoms with Crippen LogP contribution in [0, 0.1) is 0 Å². The van der Waals surface area contributed by atoms with Gasteiger partial charge in [0.25, 0.3) is 11.8 Å². The maximum Gasteiger partial charge on any atom is 0.275 e. The van der Waals surface area contributed by atoms with Gasteiger partial charge in [0, 0.05) is 6.54 Å². The van der Waals surface area contributed by atoms with Crippen LogP contribution < -0.4 is 20.1 Å². The number of fused-ring (bicyclic) bond motifs is 1. The Kier molecular flexibility index (Phi) is 5.62. The highest BCUT2D eigenvalue weighted by Crippen LogP contribution is 2.33. The summed E-state index contributed by atoms with van der Waals surface area (Å²) in [5, 5.41) is 14.6. The van der Waals surface area contributed by atoms with Gasteiger partial charge < -0.3 is 25.2 Å². The predicted molar refractivity (Wildman–Crippen MR) is 110 cm³/mol. The zero-order valence-corrected chi connectivity index (χ0v) is 17.3. The fraction of sp³-hybridized carbons (Fsp3) is 0.111. The van der Waals surface area contributed by atoms with E-state index in [1.54, 1.807) is 12.1 Å². The van der Waals surface area contributed by atoms with E-state index in [1.165, 1.54) is 11.6 Å². The summed E-state index contributed by atoms with van der Waals surface area (Å²) in [5.41, 5.74) is 2.16. The molecular formula is C18H12Cl2N4O5S. The molecule has 1 aromatic carbocycles. The third kappa shape index (κ3) is 4.11. The summed E-state index contributed by atoms with van der Waals surface area (Å²) in [5.74, 6) is -0.289. The second kappa shape index (κ2) is 8.34. The van der Waals surface area contributed by atoms with Crippen molar-refractivity contribution >= 4 is 51.4 Å². The molecule has 0 saturated heterocycles. The van der Waals surface area contributed by atoms with E-state index in [2.05, 4.69) is 20.6 Å². The molecule has 12 heteroatoms. The number of pyridine rings is 1. The molecule has 1 aliphatic rings. The zero-order chi connectivity index (χ0) is 21.3. The lowest BCUT2D eigenvalue weighted by atomic mass is 10.2. The van der Waals surface area contributed by atoms with E-state index < -0.39 is 17.6 Å². The van der Waals surface area contributed by atoms with Gasteiger partial charge in [0.15, 0.2) is 28.1 Å². The lowest BCUT2D eigenvalue weighted by Gasteiger charge is -2.08. The summed E-state index contributed by atoms with van der Waals surface area (Å²) in [6.45, 7) is 0.393. The topological polar surface area (TPSA) is 123 Å². The number of anilines is 1. The number of rotatable bonds is 5. The monoisotopic (exact) mass is 466 g/mol. The Balaban J connectivity index is 1.43. The average molecular weight is 467 g/mol. The fourth-order valence-corrected chi connectivity index (χ4v) is 3.68. The van der Waals surface area contributed by atoms with Crippen LogP contribution in [0.5, 0.6) is 17.2 Å². The van der Waals surface area contributed by atoms with Crippen LogP contribution in [0.2, 0.25) is 10.2 Å². The Morgan fingerprint density at radius 3 is 2.77 bits per heavy atom. The van der Waals surface area contributed by atoms with Crippen molar-refractivity contribution in [2.75, 3.05) is 12.1 Å². The number of nitrogens with one attached hydrogen (secondary N) is 2. The summed E-state index contributed by atoms with van der Waals surface area (Å²) in [6.07, 6.45) is 0. The van der Waals surface area contributed by atoms with Gasteiger partial charge in [-0.05, 0) is 23.8 Å². The van der Waals surface area contributed by atoms with E-state index in [1.807, 2.05) is 6.07 Å². The Bertz CT molecular complexity index is 1130. The van der Waals surface area contributed by atoms with Crippen molar-refractivity contribution in [1.29, 1.82) is 0 Å². The van der Waals surface area contributed by atoms with Crippen molar-refractivity contribution in [3.63, 3.8) is 0 Å². The summed E-state index contributed by atoms with van der Waals surface area (Å²) in [7, 11) is 0. The number of carbonyl (C=O) groups excluding carboxylic acids is 2. The summed E-state index contributed by atoms with van der Waals surface area (Å²) in [6, 6.07) is 6.51. The Hall–Kier alpha value is -3.08. The van der Waals surface area contributed by atoms with Crippen molar-refractivity contribution in [1.82, 2.24) is 15.3 Å². The number of hydrogen-bond donors (Lipinski definition) is 3. The minimum atomic E-state index is -0.659. The van der Waals surface area contributed by atoms with Crippen LogP contribution in [0.25, 0.3) is 0 Å². The van der Waals surface area contributed by atoms with Crippen molar-refractivity contribution in [3.8, 4) is 17.2 Å².